The van der Waals surface area contributed by atoms with Crippen LogP contribution in [0.4, 0.5) is 4.79 Å². The normalized spacial score (nSPS) is 13.7. The van der Waals surface area contributed by atoms with Gasteiger partial charge in [-0.25, -0.2) is 4.79 Å². The molecule has 21 heavy (non-hydrogen) atoms. The minimum absolute atomic E-state index is 0.0213. The van der Waals surface area contributed by atoms with Crippen LogP contribution in [0.15, 0.2) is 24.3 Å². The van der Waals surface area contributed by atoms with Gasteiger partial charge in [0.05, 0.1) is 0 Å². The summed E-state index contributed by atoms with van der Waals surface area (Å²) in [5, 5.41) is 10.1. The van der Waals surface area contributed by atoms with Gasteiger partial charge >= 0.3 is 6.09 Å². The third-order valence-electron chi connectivity index (χ3n) is 3.30. The number of hydrogen-bond donors (Lipinski definition) is 1. The quantitative estimate of drug-likeness (QED) is 0.739. The Balaban J connectivity index is 3.39. The second-order valence-electron chi connectivity index (χ2n) is 4.60. The van der Waals surface area contributed by atoms with Gasteiger partial charge in [-0.1, -0.05) is 43.6 Å². The van der Waals surface area contributed by atoms with Crippen molar-refractivity contribution in [3.63, 3.8) is 0 Å². The van der Waals surface area contributed by atoms with Gasteiger partial charge in [0.1, 0.15) is 6.79 Å². The summed E-state index contributed by atoms with van der Waals surface area (Å²) in [5.41, 5.74) is -0.530. The SMILES string of the molecule is CCCN(C(=O)O)[C@@](CC)(OCOC)c1ccccc1Cl. The van der Waals surface area contributed by atoms with Crippen molar-refractivity contribution in [2.24, 2.45) is 0 Å². The third-order valence-corrected chi connectivity index (χ3v) is 3.63. The average molecular weight is 316 g/mol. The molecule has 1 rings (SSSR count). The van der Waals surface area contributed by atoms with E-state index in [1.807, 2.05) is 19.9 Å². The minimum Gasteiger partial charge on any atom is -0.465 e. The Labute approximate surface area is 130 Å². The van der Waals surface area contributed by atoms with E-state index in [0.717, 1.165) is 0 Å². The second kappa shape index (κ2) is 8.22. The summed E-state index contributed by atoms with van der Waals surface area (Å²) in [5.74, 6) is 0. The zero-order valence-electron chi connectivity index (χ0n) is 12.6. The van der Waals surface area contributed by atoms with Crippen LogP contribution in [0.5, 0.6) is 0 Å². The largest absolute Gasteiger partial charge is 0.465 e. The van der Waals surface area contributed by atoms with E-state index in [4.69, 9.17) is 21.1 Å². The summed E-state index contributed by atoms with van der Waals surface area (Å²) in [4.78, 5) is 13.0. The van der Waals surface area contributed by atoms with Gasteiger partial charge in [-0.2, -0.15) is 0 Å². The van der Waals surface area contributed by atoms with Gasteiger partial charge in [-0.3, -0.25) is 4.90 Å². The number of methoxy groups -OCH3 is 1. The number of carboxylic acid groups (broad SMARTS) is 1. The van der Waals surface area contributed by atoms with E-state index >= 15 is 0 Å². The number of halogens is 1. The highest BCUT2D eigenvalue weighted by Crippen LogP contribution is 2.38. The predicted molar refractivity (Wildman–Crippen MR) is 81.4 cm³/mol. The van der Waals surface area contributed by atoms with Crippen molar-refractivity contribution in [3.05, 3.63) is 34.9 Å². The highest BCUT2D eigenvalue weighted by molar-refractivity contribution is 6.31. The molecule has 0 saturated carbocycles. The van der Waals surface area contributed by atoms with Crippen molar-refractivity contribution in [1.82, 2.24) is 4.90 Å². The molecule has 0 aliphatic heterocycles. The molecular formula is C15H22ClNO4. The van der Waals surface area contributed by atoms with Crippen LogP contribution < -0.4 is 0 Å². The van der Waals surface area contributed by atoms with Crippen LogP contribution in [0, 0.1) is 0 Å². The molecule has 0 fully saturated rings. The molecule has 0 aliphatic carbocycles. The monoisotopic (exact) mass is 315 g/mol. The first-order valence-electron chi connectivity index (χ1n) is 6.91. The molecule has 0 heterocycles. The van der Waals surface area contributed by atoms with Gasteiger partial charge < -0.3 is 14.6 Å². The maximum absolute atomic E-state index is 11.7. The summed E-state index contributed by atoms with van der Waals surface area (Å²) in [6, 6.07) is 7.12. The Morgan fingerprint density at radius 1 is 1.38 bits per heavy atom. The number of nitrogens with zero attached hydrogens (tertiary/aromatic N) is 1. The zero-order valence-corrected chi connectivity index (χ0v) is 13.4. The molecule has 0 aromatic heterocycles. The molecule has 0 aliphatic rings. The summed E-state index contributed by atoms with van der Waals surface area (Å²) in [6.07, 6.45) is 0.0519. The molecule has 1 atom stereocenters. The summed E-state index contributed by atoms with van der Waals surface area (Å²) in [7, 11) is 1.50. The van der Waals surface area contributed by atoms with E-state index in [-0.39, 0.29) is 6.79 Å². The lowest BCUT2D eigenvalue weighted by Crippen LogP contribution is -2.51. The van der Waals surface area contributed by atoms with Crippen LogP contribution in [0.2, 0.25) is 5.02 Å². The standard InChI is InChI=1S/C15H22ClNO4/c1-4-10-17(14(18)19)15(5-2,21-11-20-3)12-8-6-7-9-13(12)16/h6-9H,4-5,10-11H2,1-3H3,(H,18,19)/t15-/m0/s1. The van der Waals surface area contributed by atoms with E-state index in [0.29, 0.717) is 30.0 Å². The van der Waals surface area contributed by atoms with Gasteiger partial charge in [-0.05, 0) is 18.9 Å². The lowest BCUT2D eigenvalue weighted by atomic mass is 9.97. The number of hydrogen-bond acceptors (Lipinski definition) is 3. The molecule has 0 radical (unpaired) electrons. The number of rotatable bonds is 8. The molecule has 5 nitrogen and oxygen atoms in total. The van der Waals surface area contributed by atoms with Gasteiger partial charge in [-0.15, -0.1) is 0 Å². The van der Waals surface area contributed by atoms with E-state index < -0.39 is 11.8 Å². The van der Waals surface area contributed by atoms with E-state index in [2.05, 4.69) is 0 Å². The minimum atomic E-state index is -1.16. The molecule has 0 saturated heterocycles. The van der Waals surface area contributed by atoms with E-state index in [1.54, 1.807) is 18.2 Å². The molecule has 118 valence electrons. The Bertz CT molecular complexity index is 469. The maximum Gasteiger partial charge on any atom is 0.409 e. The predicted octanol–water partition coefficient (Wildman–Crippen LogP) is 3.91. The van der Waals surface area contributed by atoms with Gasteiger partial charge in [0.25, 0.3) is 0 Å². The first-order valence-corrected chi connectivity index (χ1v) is 7.29. The first kappa shape index (κ1) is 17.8. The molecular weight excluding hydrogens is 294 g/mol. The van der Waals surface area contributed by atoms with Crippen LogP contribution in [-0.2, 0) is 15.2 Å². The summed E-state index contributed by atoms with van der Waals surface area (Å²) in [6.45, 7) is 4.11. The number of ether oxygens (including phenoxy) is 2. The van der Waals surface area contributed by atoms with Crippen LogP contribution in [-0.4, -0.2) is 36.5 Å². The fourth-order valence-corrected chi connectivity index (χ4v) is 2.66. The highest BCUT2D eigenvalue weighted by Gasteiger charge is 2.42. The molecule has 1 amide bonds. The van der Waals surface area contributed by atoms with Crippen molar-refractivity contribution in [2.45, 2.75) is 32.4 Å². The Morgan fingerprint density at radius 3 is 2.52 bits per heavy atom. The van der Waals surface area contributed by atoms with Crippen molar-refractivity contribution in [2.75, 3.05) is 20.4 Å². The van der Waals surface area contributed by atoms with Crippen LogP contribution in [0.3, 0.4) is 0 Å². The third kappa shape index (κ3) is 3.87. The molecule has 0 spiro atoms. The number of amides is 1. The smallest absolute Gasteiger partial charge is 0.409 e. The highest BCUT2D eigenvalue weighted by atomic mass is 35.5. The fraction of sp³-hybridized carbons (Fsp3) is 0.533. The van der Waals surface area contributed by atoms with E-state index in [9.17, 15) is 9.90 Å². The summed E-state index contributed by atoms with van der Waals surface area (Å²) >= 11 is 6.27. The molecule has 1 N–H and O–H groups in total. The van der Waals surface area contributed by atoms with Crippen LogP contribution >= 0.6 is 11.6 Å². The maximum atomic E-state index is 11.7. The topological polar surface area (TPSA) is 59.0 Å². The lowest BCUT2D eigenvalue weighted by Gasteiger charge is -2.42. The van der Waals surface area contributed by atoms with E-state index in [1.165, 1.54) is 12.0 Å². The number of carbonyl (C=O) groups is 1. The van der Waals surface area contributed by atoms with Crippen molar-refractivity contribution in [3.8, 4) is 0 Å². The molecule has 6 heteroatoms. The molecule has 0 bridgehead atoms. The van der Waals surface area contributed by atoms with Crippen molar-refractivity contribution in [1.29, 1.82) is 0 Å². The Hall–Kier alpha value is -1.30. The van der Waals surface area contributed by atoms with Crippen molar-refractivity contribution < 1.29 is 19.4 Å². The Morgan fingerprint density at radius 2 is 2.05 bits per heavy atom. The molecule has 0 unspecified atom stereocenters. The summed E-state index contributed by atoms with van der Waals surface area (Å²) < 4.78 is 10.8. The first-order chi connectivity index (χ1) is 10.0. The van der Waals surface area contributed by atoms with Gasteiger partial charge in [0.2, 0.25) is 0 Å². The number of benzene rings is 1. The fourth-order valence-electron chi connectivity index (χ4n) is 2.37. The molecule has 1 aromatic carbocycles. The van der Waals surface area contributed by atoms with Crippen LogP contribution in [0.1, 0.15) is 32.3 Å². The average Bonchev–Trinajstić information content (AvgIpc) is 2.48. The second-order valence-corrected chi connectivity index (χ2v) is 5.01. The molecule has 1 aromatic rings. The van der Waals surface area contributed by atoms with Gasteiger partial charge in [0, 0.05) is 24.2 Å². The lowest BCUT2D eigenvalue weighted by molar-refractivity contribution is -0.202. The van der Waals surface area contributed by atoms with Crippen molar-refractivity contribution >= 4 is 17.7 Å². The van der Waals surface area contributed by atoms with Gasteiger partial charge in [0.15, 0.2) is 5.72 Å². The zero-order chi connectivity index (χ0) is 15.9. The van der Waals surface area contributed by atoms with Crippen LogP contribution in [0.25, 0.3) is 0 Å². The Kier molecular flexibility index (Phi) is 6.95.